The van der Waals surface area contributed by atoms with Crippen molar-refractivity contribution in [2.75, 3.05) is 32.2 Å². The number of methoxy groups -OCH3 is 1. The van der Waals surface area contributed by atoms with E-state index in [1.54, 1.807) is 19.5 Å². The Labute approximate surface area is 204 Å². The highest BCUT2D eigenvalue weighted by atomic mass is 32.5. The SMILES string of the molecule is COc1cc(/C=C2\OCCN=C2NCNc2ccc(S(F)(F)(F)(F)F)cc2)ccc1-n1cnc(C)c1. The molecule has 0 unspecified atom stereocenters. The van der Waals surface area contributed by atoms with Crippen LogP contribution in [0.1, 0.15) is 11.3 Å². The molecule has 4 rings (SSSR count). The fraction of sp³-hybridized carbons (Fsp3) is 0.217. The number of nitrogens with zero attached hydrogens (tertiary/aromatic N) is 3. The molecule has 7 nitrogen and oxygen atoms in total. The summed E-state index contributed by atoms with van der Waals surface area (Å²) in [5, 5.41) is 5.83. The van der Waals surface area contributed by atoms with Gasteiger partial charge in [0.05, 0.1) is 38.0 Å². The Balaban J connectivity index is 1.45. The summed E-state index contributed by atoms with van der Waals surface area (Å²) in [5.74, 6) is 1.53. The average Bonchev–Trinajstić information content (AvgIpc) is 3.25. The van der Waals surface area contributed by atoms with E-state index in [4.69, 9.17) is 9.47 Å². The standard InChI is InChI=1S/C23H24F5N5O2S/c1-16-13-33(15-32-16)20-8-3-17(11-21(20)34-2)12-22-23(29-9-10-35-22)31-14-30-18-4-6-19(7-5-18)36(24,25,26,27)28/h3-8,11-13,15,30H,9-10,14H2,1-2H3,(H,29,31)/b22-12-. The molecule has 0 atom stereocenters. The third-order valence-electron chi connectivity index (χ3n) is 5.19. The van der Waals surface area contributed by atoms with Crippen LogP contribution >= 0.6 is 10.2 Å². The lowest BCUT2D eigenvalue weighted by Gasteiger charge is -2.40. The highest BCUT2D eigenvalue weighted by molar-refractivity contribution is 8.45. The van der Waals surface area contributed by atoms with Gasteiger partial charge in [-0.2, -0.15) is 0 Å². The summed E-state index contributed by atoms with van der Waals surface area (Å²) in [5.41, 5.74) is 2.71. The summed E-state index contributed by atoms with van der Waals surface area (Å²) in [6, 6.07) is 8.22. The summed E-state index contributed by atoms with van der Waals surface area (Å²) >= 11 is 0. The smallest absolute Gasteiger partial charge is 0.310 e. The maximum absolute atomic E-state index is 12.9. The second kappa shape index (κ2) is 8.73. The van der Waals surface area contributed by atoms with Gasteiger partial charge >= 0.3 is 10.2 Å². The Bertz CT molecular complexity index is 1320. The molecule has 0 saturated heterocycles. The van der Waals surface area contributed by atoms with Crippen LogP contribution in [0.25, 0.3) is 11.8 Å². The summed E-state index contributed by atoms with van der Waals surface area (Å²) in [7, 11) is -8.13. The lowest BCUT2D eigenvalue weighted by molar-refractivity contribution is 0.232. The first kappa shape index (κ1) is 25.4. The quantitative estimate of drug-likeness (QED) is 0.279. The number of hydrogen-bond donors (Lipinski definition) is 2. The van der Waals surface area contributed by atoms with Gasteiger partial charge in [0.15, 0.2) is 11.6 Å². The number of halogens is 5. The van der Waals surface area contributed by atoms with E-state index < -0.39 is 15.1 Å². The highest BCUT2D eigenvalue weighted by Crippen LogP contribution is 3.02. The zero-order valence-corrected chi connectivity index (χ0v) is 20.2. The maximum atomic E-state index is 12.9. The molecular formula is C23H24F5N5O2S. The first-order valence-electron chi connectivity index (χ1n) is 10.7. The number of nitrogens with one attached hydrogen (secondary N) is 2. The van der Waals surface area contributed by atoms with E-state index >= 15 is 0 Å². The van der Waals surface area contributed by atoms with Crippen molar-refractivity contribution < 1.29 is 28.9 Å². The van der Waals surface area contributed by atoms with Crippen LogP contribution in [0.3, 0.4) is 0 Å². The van der Waals surface area contributed by atoms with Crippen molar-refractivity contribution in [3.05, 3.63) is 72.0 Å². The molecule has 0 fully saturated rings. The lowest BCUT2D eigenvalue weighted by Crippen LogP contribution is -2.34. The summed E-state index contributed by atoms with van der Waals surface area (Å²) in [6.45, 7) is 2.75. The number of anilines is 1. The predicted molar refractivity (Wildman–Crippen MR) is 131 cm³/mol. The number of aryl methyl sites for hydroxylation is 1. The van der Waals surface area contributed by atoms with Gasteiger partial charge in [0.2, 0.25) is 0 Å². The topological polar surface area (TPSA) is 72.7 Å². The molecule has 13 heteroatoms. The van der Waals surface area contributed by atoms with Crippen molar-refractivity contribution in [1.29, 1.82) is 0 Å². The number of hydrogen-bond acceptors (Lipinski definition) is 6. The van der Waals surface area contributed by atoms with E-state index in [1.165, 1.54) is 0 Å². The first-order chi connectivity index (χ1) is 16.8. The van der Waals surface area contributed by atoms with Crippen molar-refractivity contribution in [2.45, 2.75) is 11.8 Å². The van der Waals surface area contributed by atoms with Crippen molar-refractivity contribution in [3.63, 3.8) is 0 Å². The van der Waals surface area contributed by atoms with Gasteiger partial charge in [0, 0.05) is 11.9 Å². The number of amidine groups is 1. The number of imidazole rings is 1. The molecule has 2 N–H and O–H groups in total. The minimum absolute atomic E-state index is 0.0670. The van der Waals surface area contributed by atoms with Gasteiger partial charge in [-0.05, 0) is 55.0 Å². The molecule has 36 heavy (non-hydrogen) atoms. The zero-order valence-electron chi connectivity index (χ0n) is 19.4. The highest BCUT2D eigenvalue weighted by Gasteiger charge is 2.65. The number of aromatic nitrogens is 2. The van der Waals surface area contributed by atoms with E-state index in [2.05, 4.69) is 20.6 Å². The van der Waals surface area contributed by atoms with Gasteiger partial charge in [-0.15, -0.1) is 0 Å². The van der Waals surface area contributed by atoms with Crippen molar-refractivity contribution in [1.82, 2.24) is 14.9 Å². The molecule has 194 valence electrons. The molecule has 0 saturated carbocycles. The molecule has 0 amide bonds. The molecule has 3 aromatic rings. The van der Waals surface area contributed by atoms with Crippen LogP contribution in [-0.2, 0) is 4.74 Å². The van der Waals surface area contributed by atoms with Gasteiger partial charge in [0.1, 0.15) is 17.3 Å². The minimum atomic E-state index is -9.70. The van der Waals surface area contributed by atoms with Gasteiger partial charge in [0.25, 0.3) is 0 Å². The second-order valence-corrected chi connectivity index (χ2v) is 10.4. The first-order valence-corrected chi connectivity index (χ1v) is 12.7. The zero-order chi connectivity index (χ0) is 26.0. The number of aliphatic imine (C=N–C) groups is 1. The fourth-order valence-corrected chi connectivity index (χ4v) is 4.12. The van der Waals surface area contributed by atoms with Gasteiger partial charge in [-0.3, -0.25) is 4.99 Å². The molecular weight excluding hydrogens is 505 g/mol. The van der Waals surface area contributed by atoms with E-state index in [1.807, 2.05) is 35.9 Å². The van der Waals surface area contributed by atoms with E-state index in [-0.39, 0.29) is 12.4 Å². The average molecular weight is 530 g/mol. The summed E-state index contributed by atoms with van der Waals surface area (Å²) in [6.07, 6.45) is 5.35. The molecule has 0 bridgehead atoms. The number of benzene rings is 2. The predicted octanol–water partition coefficient (Wildman–Crippen LogP) is 6.28. The molecule has 0 radical (unpaired) electrons. The summed E-state index contributed by atoms with van der Waals surface area (Å²) < 4.78 is 77.5. The monoisotopic (exact) mass is 529 g/mol. The molecule has 1 aliphatic heterocycles. The van der Waals surface area contributed by atoms with Crippen molar-refractivity contribution in [2.24, 2.45) is 4.99 Å². The third-order valence-corrected chi connectivity index (χ3v) is 6.35. The van der Waals surface area contributed by atoms with Crippen molar-refractivity contribution >= 4 is 27.8 Å². The van der Waals surface area contributed by atoms with Crippen LogP contribution < -0.4 is 15.4 Å². The van der Waals surface area contributed by atoms with Crippen LogP contribution in [0.4, 0.5) is 25.1 Å². The molecule has 1 aliphatic rings. The minimum Gasteiger partial charge on any atom is -0.495 e. The van der Waals surface area contributed by atoms with E-state index in [0.29, 0.717) is 42.6 Å². The van der Waals surface area contributed by atoms with Crippen LogP contribution in [-0.4, -0.2) is 42.3 Å². The van der Waals surface area contributed by atoms with Crippen molar-refractivity contribution in [3.8, 4) is 11.4 Å². The molecule has 1 aromatic heterocycles. The Morgan fingerprint density at radius 3 is 2.47 bits per heavy atom. The number of ether oxygens (including phenoxy) is 2. The largest absolute Gasteiger partial charge is 0.495 e. The van der Waals surface area contributed by atoms with Crippen LogP contribution in [0.5, 0.6) is 5.75 Å². The molecule has 0 spiro atoms. The Morgan fingerprint density at radius 1 is 1.08 bits per heavy atom. The summed E-state index contributed by atoms with van der Waals surface area (Å²) in [4.78, 5) is 6.69. The van der Waals surface area contributed by atoms with Gasteiger partial charge in [-0.1, -0.05) is 25.5 Å². The fourth-order valence-electron chi connectivity index (χ4n) is 3.47. The Morgan fingerprint density at radius 2 is 1.83 bits per heavy atom. The Hall–Kier alpha value is -3.74. The van der Waals surface area contributed by atoms with Gasteiger partial charge < -0.3 is 24.7 Å². The molecule has 0 aliphatic carbocycles. The molecule has 2 aromatic carbocycles. The normalized spacial score (nSPS) is 17.0. The molecule has 2 heterocycles. The second-order valence-electron chi connectivity index (χ2n) is 7.96. The number of rotatable bonds is 7. The van der Waals surface area contributed by atoms with Crippen LogP contribution in [0.15, 0.2) is 70.6 Å². The third kappa shape index (κ3) is 6.08. The van der Waals surface area contributed by atoms with Crippen LogP contribution in [0, 0.1) is 6.92 Å². The van der Waals surface area contributed by atoms with Gasteiger partial charge in [-0.25, -0.2) is 4.98 Å². The van der Waals surface area contributed by atoms with Crippen LogP contribution in [0.2, 0.25) is 0 Å². The Kier molecular flexibility index (Phi) is 6.15. The lowest BCUT2D eigenvalue weighted by atomic mass is 10.1. The maximum Gasteiger partial charge on any atom is 0.310 e. The van der Waals surface area contributed by atoms with E-state index in [0.717, 1.165) is 29.1 Å². The van der Waals surface area contributed by atoms with E-state index in [9.17, 15) is 19.4 Å².